The monoisotopic (exact) mass is 415 g/mol. The quantitative estimate of drug-likeness (QED) is 0.806. The van der Waals surface area contributed by atoms with E-state index in [0.29, 0.717) is 24.9 Å². The van der Waals surface area contributed by atoms with Gasteiger partial charge in [0.25, 0.3) is 11.5 Å². The average Bonchev–Trinajstić information content (AvgIpc) is 2.73. The summed E-state index contributed by atoms with van der Waals surface area (Å²) in [7, 11) is 0. The summed E-state index contributed by atoms with van der Waals surface area (Å²) in [5.74, 6) is 1.48. The van der Waals surface area contributed by atoms with E-state index in [1.165, 1.54) is 5.56 Å². The van der Waals surface area contributed by atoms with Crippen LogP contribution in [0.5, 0.6) is 5.75 Å². The summed E-state index contributed by atoms with van der Waals surface area (Å²) in [6.07, 6.45) is 3.15. The molecule has 0 spiro atoms. The topological polar surface area (TPSA) is 72.4 Å². The van der Waals surface area contributed by atoms with Crippen molar-refractivity contribution >= 4 is 18.3 Å². The SMILES string of the molecule is Cl.O=C(NCc1ccc2c(c1)CCCO2)c1ccc2n(c1=O)C[C@@H]1CNC[C@H]2C1. The molecule has 2 N–H and O–H groups in total. The number of carbonyl (C=O) groups excluding carboxylic acids is 1. The number of fused-ring (bicyclic) bond motifs is 5. The molecule has 1 amide bonds. The Morgan fingerprint density at radius 2 is 2.14 bits per heavy atom. The zero-order valence-corrected chi connectivity index (χ0v) is 17.1. The van der Waals surface area contributed by atoms with Crippen LogP contribution < -0.4 is 20.9 Å². The van der Waals surface area contributed by atoms with Crippen LogP contribution in [0.3, 0.4) is 0 Å². The van der Waals surface area contributed by atoms with E-state index in [-0.39, 0.29) is 29.4 Å². The van der Waals surface area contributed by atoms with Gasteiger partial charge in [0.1, 0.15) is 11.3 Å². The van der Waals surface area contributed by atoms with Crippen LogP contribution in [0, 0.1) is 5.92 Å². The fourth-order valence-corrected chi connectivity index (χ4v) is 4.76. The largest absolute Gasteiger partial charge is 0.493 e. The number of nitrogens with one attached hydrogen (secondary N) is 2. The molecule has 154 valence electrons. The number of aryl methyl sites for hydroxylation is 1. The number of halogens is 1. The molecule has 6 nitrogen and oxygen atoms in total. The lowest BCUT2D eigenvalue weighted by molar-refractivity contribution is 0.0948. The van der Waals surface area contributed by atoms with Gasteiger partial charge in [-0.15, -0.1) is 12.4 Å². The molecular formula is C22H26ClN3O3. The molecule has 1 aromatic heterocycles. The van der Waals surface area contributed by atoms with E-state index < -0.39 is 0 Å². The first kappa shape index (κ1) is 20.0. The van der Waals surface area contributed by atoms with Crippen LogP contribution in [-0.4, -0.2) is 30.2 Å². The van der Waals surface area contributed by atoms with Crippen molar-refractivity contribution in [2.75, 3.05) is 19.7 Å². The minimum atomic E-state index is -0.303. The van der Waals surface area contributed by atoms with Gasteiger partial charge >= 0.3 is 0 Å². The van der Waals surface area contributed by atoms with Crippen LogP contribution in [0.4, 0.5) is 0 Å². The second kappa shape index (κ2) is 8.20. The van der Waals surface area contributed by atoms with Gasteiger partial charge in [-0.1, -0.05) is 12.1 Å². The van der Waals surface area contributed by atoms with Gasteiger partial charge in [-0.25, -0.2) is 0 Å². The molecule has 7 heteroatoms. The lowest BCUT2D eigenvalue weighted by Gasteiger charge is -2.37. The molecule has 5 rings (SSSR count). The predicted molar refractivity (Wildman–Crippen MR) is 113 cm³/mol. The van der Waals surface area contributed by atoms with Gasteiger partial charge < -0.3 is 19.9 Å². The number of pyridine rings is 1. The number of benzene rings is 1. The Hall–Kier alpha value is -2.31. The molecule has 1 aromatic carbocycles. The lowest BCUT2D eigenvalue weighted by atomic mass is 9.84. The van der Waals surface area contributed by atoms with Gasteiger partial charge in [0.15, 0.2) is 0 Å². The molecule has 29 heavy (non-hydrogen) atoms. The number of aromatic nitrogens is 1. The zero-order valence-electron chi connectivity index (χ0n) is 16.3. The minimum Gasteiger partial charge on any atom is -0.493 e. The van der Waals surface area contributed by atoms with Crippen LogP contribution in [0.1, 0.15) is 45.9 Å². The summed E-state index contributed by atoms with van der Waals surface area (Å²) < 4.78 is 7.46. The number of ether oxygens (including phenoxy) is 1. The first-order valence-corrected chi connectivity index (χ1v) is 10.2. The molecule has 2 bridgehead atoms. The summed E-state index contributed by atoms with van der Waals surface area (Å²) in [5.41, 5.74) is 3.34. The van der Waals surface area contributed by atoms with E-state index in [2.05, 4.69) is 16.7 Å². The van der Waals surface area contributed by atoms with Crippen molar-refractivity contribution < 1.29 is 9.53 Å². The number of nitrogens with zero attached hydrogens (tertiary/aromatic N) is 1. The van der Waals surface area contributed by atoms with Crippen molar-refractivity contribution in [1.29, 1.82) is 0 Å². The summed E-state index contributed by atoms with van der Waals surface area (Å²) in [6.45, 7) is 3.72. The molecule has 0 radical (unpaired) electrons. The number of piperidine rings is 1. The van der Waals surface area contributed by atoms with Gasteiger partial charge in [0.05, 0.1) is 6.61 Å². The third kappa shape index (κ3) is 3.79. The number of hydrogen-bond acceptors (Lipinski definition) is 4. The zero-order chi connectivity index (χ0) is 19.1. The molecule has 2 aromatic rings. The van der Waals surface area contributed by atoms with Crippen LogP contribution in [0.2, 0.25) is 0 Å². The predicted octanol–water partition coefficient (Wildman–Crippen LogP) is 2.23. The average molecular weight is 416 g/mol. The van der Waals surface area contributed by atoms with Crippen LogP contribution in [-0.2, 0) is 19.5 Å². The van der Waals surface area contributed by atoms with Crippen molar-refractivity contribution in [3.05, 3.63) is 63.1 Å². The fraction of sp³-hybridized carbons (Fsp3) is 0.455. The Morgan fingerprint density at radius 3 is 3.03 bits per heavy atom. The Labute approximate surface area is 176 Å². The minimum absolute atomic E-state index is 0. The highest BCUT2D eigenvalue weighted by atomic mass is 35.5. The summed E-state index contributed by atoms with van der Waals surface area (Å²) >= 11 is 0. The van der Waals surface area contributed by atoms with E-state index in [0.717, 1.165) is 56.0 Å². The Bertz CT molecular complexity index is 988. The Morgan fingerprint density at radius 1 is 1.24 bits per heavy atom. The van der Waals surface area contributed by atoms with Gasteiger partial charge in [0.2, 0.25) is 0 Å². The standard InChI is InChI=1S/C22H25N3O3.ClH/c26-21(24-11-14-3-6-20-16(8-14)2-1-7-28-20)18-4-5-19-17-9-15(10-23-12-17)13-25(19)22(18)27;/h3-6,8,15,17,23H,1-2,7,9-13H2,(H,24,26);1H/t15-,17+;/m0./s1. The van der Waals surface area contributed by atoms with Gasteiger partial charge in [-0.05, 0) is 61.1 Å². The van der Waals surface area contributed by atoms with Gasteiger partial charge in [0, 0.05) is 31.2 Å². The second-order valence-electron chi connectivity index (χ2n) is 8.12. The molecule has 4 heterocycles. The van der Waals surface area contributed by atoms with Crippen molar-refractivity contribution in [3.8, 4) is 5.75 Å². The first-order chi connectivity index (χ1) is 13.7. The molecule has 1 fully saturated rings. The summed E-state index contributed by atoms with van der Waals surface area (Å²) in [4.78, 5) is 25.7. The molecule has 2 atom stereocenters. The number of hydrogen-bond donors (Lipinski definition) is 2. The van der Waals surface area contributed by atoms with Crippen molar-refractivity contribution in [1.82, 2.24) is 15.2 Å². The molecule has 1 saturated heterocycles. The highest BCUT2D eigenvalue weighted by Gasteiger charge is 2.31. The number of carbonyl (C=O) groups is 1. The smallest absolute Gasteiger partial charge is 0.263 e. The van der Waals surface area contributed by atoms with Gasteiger partial charge in [-0.3, -0.25) is 9.59 Å². The maximum Gasteiger partial charge on any atom is 0.263 e. The van der Waals surface area contributed by atoms with Crippen molar-refractivity contribution in [2.24, 2.45) is 5.92 Å². The fourth-order valence-electron chi connectivity index (χ4n) is 4.76. The first-order valence-electron chi connectivity index (χ1n) is 10.2. The lowest BCUT2D eigenvalue weighted by Crippen LogP contribution is -2.46. The highest BCUT2D eigenvalue weighted by Crippen LogP contribution is 2.31. The number of rotatable bonds is 3. The van der Waals surface area contributed by atoms with Gasteiger partial charge in [-0.2, -0.15) is 0 Å². The van der Waals surface area contributed by atoms with Crippen LogP contribution in [0.15, 0.2) is 35.1 Å². The van der Waals surface area contributed by atoms with E-state index >= 15 is 0 Å². The maximum absolute atomic E-state index is 13.0. The highest BCUT2D eigenvalue weighted by molar-refractivity contribution is 5.93. The molecule has 0 aliphatic carbocycles. The third-order valence-corrected chi connectivity index (χ3v) is 6.18. The number of amides is 1. The van der Waals surface area contributed by atoms with Crippen LogP contribution >= 0.6 is 12.4 Å². The second-order valence-corrected chi connectivity index (χ2v) is 8.12. The van der Waals surface area contributed by atoms with E-state index in [1.807, 2.05) is 22.8 Å². The summed E-state index contributed by atoms with van der Waals surface area (Å²) in [6, 6.07) is 9.68. The third-order valence-electron chi connectivity index (χ3n) is 6.18. The Balaban J connectivity index is 0.00000205. The maximum atomic E-state index is 13.0. The Kier molecular flexibility index (Phi) is 5.65. The van der Waals surface area contributed by atoms with E-state index in [9.17, 15) is 9.59 Å². The normalized spacial score (nSPS) is 21.8. The molecule has 0 saturated carbocycles. The summed E-state index contributed by atoms with van der Waals surface area (Å²) in [5, 5.41) is 6.36. The molecular weight excluding hydrogens is 390 g/mol. The molecule has 3 aliphatic heterocycles. The van der Waals surface area contributed by atoms with E-state index in [4.69, 9.17) is 4.74 Å². The van der Waals surface area contributed by atoms with Crippen LogP contribution in [0.25, 0.3) is 0 Å². The van der Waals surface area contributed by atoms with Crippen molar-refractivity contribution in [2.45, 2.75) is 38.3 Å². The molecule has 3 aliphatic rings. The van der Waals surface area contributed by atoms with Crippen molar-refractivity contribution in [3.63, 3.8) is 0 Å². The van der Waals surface area contributed by atoms with E-state index in [1.54, 1.807) is 6.07 Å². The molecule has 0 unspecified atom stereocenters.